The normalized spacial score (nSPS) is 36.0. The van der Waals surface area contributed by atoms with Crippen LogP contribution >= 0.6 is 0 Å². The Morgan fingerprint density at radius 3 is 2.12 bits per heavy atom. The largest absolute Gasteiger partial charge is 0.300 e. The van der Waals surface area contributed by atoms with Gasteiger partial charge in [-0.15, -0.1) is 0 Å². The van der Waals surface area contributed by atoms with E-state index in [1.807, 2.05) is 0 Å². The quantitative estimate of drug-likeness (QED) is 0.691. The van der Waals surface area contributed by atoms with Crippen LogP contribution in [-0.4, -0.2) is 24.0 Å². The average molecular weight is 225 g/mol. The lowest BCUT2D eigenvalue weighted by atomic mass is 9.66. The van der Waals surface area contributed by atoms with Crippen molar-refractivity contribution in [3.8, 4) is 0 Å². The number of hydrogen-bond acceptors (Lipinski definition) is 1. The van der Waals surface area contributed by atoms with E-state index < -0.39 is 0 Å². The minimum atomic E-state index is 0.597. The first-order valence-electron chi connectivity index (χ1n) is 7.24. The molecule has 0 radical (unpaired) electrons. The Morgan fingerprint density at radius 2 is 1.69 bits per heavy atom. The first-order valence-corrected chi connectivity index (χ1v) is 7.24. The van der Waals surface area contributed by atoms with Crippen molar-refractivity contribution in [2.45, 2.75) is 78.8 Å². The molecule has 0 amide bonds. The Morgan fingerprint density at radius 1 is 1.12 bits per heavy atom. The Bertz CT molecular complexity index is 207. The van der Waals surface area contributed by atoms with Gasteiger partial charge in [-0.2, -0.15) is 0 Å². The number of hydrogen-bond donors (Lipinski definition) is 0. The Labute approximate surface area is 103 Å². The monoisotopic (exact) mass is 225 g/mol. The third-order valence-electron chi connectivity index (χ3n) is 5.65. The highest BCUT2D eigenvalue weighted by atomic mass is 15.2. The van der Waals surface area contributed by atoms with Crippen molar-refractivity contribution in [2.75, 3.05) is 7.05 Å². The molecule has 16 heavy (non-hydrogen) atoms. The van der Waals surface area contributed by atoms with E-state index in [2.05, 4.69) is 46.6 Å². The fourth-order valence-electron chi connectivity index (χ4n) is 3.90. The third kappa shape index (κ3) is 2.30. The third-order valence-corrected chi connectivity index (χ3v) is 5.65. The molecule has 1 aliphatic heterocycles. The fourth-order valence-corrected chi connectivity index (χ4v) is 3.90. The highest BCUT2D eigenvalue weighted by molar-refractivity contribution is 4.94. The SMILES string of the molecule is CCC1C(C)C(CC)(CC)CCC(C)N1C. The van der Waals surface area contributed by atoms with Gasteiger partial charge in [0.1, 0.15) is 0 Å². The van der Waals surface area contributed by atoms with E-state index in [0.717, 1.165) is 18.0 Å². The molecule has 0 aromatic rings. The smallest absolute Gasteiger partial charge is 0.0123 e. The second kappa shape index (κ2) is 5.53. The lowest BCUT2D eigenvalue weighted by Crippen LogP contribution is -2.43. The molecule has 0 aromatic carbocycles. The standard InChI is InChI=1S/C15H31N/c1-7-14-13(5)15(8-2,9-3)11-10-12(4)16(14)6/h12-14H,7-11H2,1-6H3. The molecule has 0 spiro atoms. The van der Waals surface area contributed by atoms with Crippen LogP contribution in [0.25, 0.3) is 0 Å². The lowest BCUT2D eigenvalue weighted by molar-refractivity contribution is 0.0746. The maximum Gasteiger partial charge on any atom is 0.0123 e. The van der Waals surface area contributed by atoms with Gasteiger partial charge in [-0.1, -0.05) is 40.5 Å². The molecule has 0 saturated carbocycles. The molecular formula is C15H31N. The van der Waals surface area contributed by atoms with Crippen molar-refractivity contribution in [1.29, 1.82) is 0 Å². The molecule has 3 unspecified atom stereocenters. The number of likely N-dealkylation sites (tertiary alicyclic amines) is 1. The van der Waals surface area contributed by atoms with Gasteiger partial charge in [0.05, 0.1) is 0 Å². The summed E-state index contributed by atoms with van der Waals surface area (Å²) in [5, 5.41) is 0. The van der Waals surface area contributed by atoms with Crippen LogP contribution in [0.1, 0.15) is 66.7 Å². The molecular weight excluding hydrogens is 194 g/mol. The zero-order valence-corrected chi connectivity index (χ0v) is 12.2. The molecule has 1 saturated heterocycles. The summed E-state index contributed by atoms with van der Waals surface area (Å²) in [6.07, 6.45) is 6.79. The summed E-state index contributed by atoms with van der Waals surface area (Å²) in [6, 6.07) is 1.53. The minimum Gasteiger partial charge on any atom is -0.300 e. The van der Waals surface area contributed by atoms with Crippen LogP contribution in [0.2, 0.25) is 0 Å². The molecule has 1 nitrogen and oxygen atoms in total. The first-order chi connectivity index (χ1) is 7.52. The molecule has 1 heteroatoms. The van der Waals surface area contributed by atoms with E-state index in [4.69, 9.17) is 0 Å². The molecule has 1 fully saturated rings. The molecule has 3 atom stereocenters. The highest BCUT2D eigenvalue weighted by Crippen LogP contribution is 2.46. The van der Waals surface area contributed by atoms with Crippen LogP contribution in [0, 0.1) is 11.3 Å². The Hall–Kier alpha value is -0.0400. The predicted molar refractivity (Wildman–Crippen MR) is 72.7 cm³/mol. The van der Waals surface area contributed by atoms with Crippen molar-refractivity contribution in [2.24, 2.45) is 11.3 Å². The molecule has 96 valence electrons. The zero-order valence-electron chi connectivity index (χ0n) is 12.2. The van der Waals surface area contributed by atoms with Gasteiger partial charge in [0.15, 0.2) is 0 Å². The summed E-state index contributed by atoms with van der Waals surface area (Å²) in [7, 11) is 2.33. The second-order valence-electron chi connectivity index (χ2n) is 5.89. The summed E-state index contributed by atoms with van der Waals surface area (Å²) < 4.78 is 0. The topological polar surface area (TPSA) is 3.24 Å². The molecule has 0 N–H and O–H groups in total. The predicted octanol–water partition coefficient (Wildman–Crippen LogP) is 4.32. The zero-order chi connectivity index (χ0) is 12.3. The summed E-state index contributed by atoms with van der Waals surface area (Å²) in [4.78, 5) is 2.64. The summed E-state index contributed by atoms with van der Waals surface area (Å²) in [5.41, 5.74) is 0.597. The van der Waals surface area contributed by atoms with E-state index in [-0.39, 0.29) is 0 Å². The van der Waals surface area contributed by atoms with Crippen LogP contribution < -0.4 is 0 Å². The highest BCUT2D eigenvalue weighted by Gasteiger charge is 2.41. The van der Waals surface area contributed by atoms with E-state index in [9.17, 15) is 0 Å². The number of rotatable bonds is 3. The van der Waals surface area contributed by atoms with Crippen LogP contribution in [0.3, 0.4) is 0 Å². The molecule has 1 rings (SSSR count). The van der Waals surface area contributed by atoms with Crippen molar-refractivity contribution < 1.29 is 0 Å². The summed E-state index contributed by atoms with van der Waals surface area (Å²) in [6.45, 7) is 12.0. The molecule has 0 bridgehead atoms. The molecule has 0 aliphatic carbocycles. The van der Waals surface area contributed by atoms with Crippen LogP contribution in [0.4, 0.5) is 0 Å². The van der Waals surface area contributed by atoms with Crippen LogP contribution in [-0.2, 0) is 0 Å². The van der Waals surface area contributed by atoms with Gasteiger partial charge >= 0.3 is 0 Å². The first kappa shape index (κ1) is 14.0. The van der Waals surface area contributed by atoms with E-state index in [0.29, 0.717) is 5.41 Å². The van der Waals surface area contributed by atoms with E-state index in [1.54, 1.807) is 0 Å². The van der Waals surface area contributed by atoms with Gasteiger partial charge in [-0.25, -0.2) is 0 Å². The van der Waals surface area contributed by atoms with E-state index >= 15 is 0 Å². The maximum absolute atomic E-state index is 2.64. The van der Waals surface area contributed by atoms with Crippen molar-refractivity contribution in [3.05, 3.63) is 0 Å². The van der Waals surface area contributed by atoms with Crippen molar-refractivity contribution in [3.63, 3.8) is 0 Å². The molecule has 0 aromatic heterocycles. The van der Waals surface area contributed by atoms with Gasteiger partial charge in [0.2, 0.25) is 0 Å². The maximum atomic E-state index is 2.64. The van der Waals surface area contributed by atoms with Crippen LogP contribution in [0.5, 0.6) is 0 Å². The van der Waals surface area contributed by atoms with Gasteiger partial charge in [0.25, 0.3) is 0 Å². The molecule has 1 aliphatic rings. The van der Waals surface area contributed by atoms with Gasteiger partial charge in [0, 0.05) is 12.1 Å². The Kier molecular flexibility index (Phi) is 4.85. The van der Waals surface area contributed by atoms with Gasteiger partial charge in [-0.05, 0) is 44.6 Å². The minimum absolute atomic E-state index is 0.597. The Balaban J connectivity index is 2.98. The van der Waals surface area contributed by atoms with Gasteiger partial charge in [-0.3, -0.25) is 0 Å². The fraction of sp³-hybridized carbons (Fsp3) is 1.00. The number of nitrogens with zero attached hydrogens (tertiary/aromatic N) is 1. The lowest BCUT2D eigenvalue weighted by Gasteiger charge is -2.42. The van der Waals surface area contributed by atoms with Crippen LogP contribution in [0.15, 0.2) is 0 Å². The van der Waals surface area contributed by atoms with E-state index in [1.165, 1.54) is 32.1 Å². The second-order valence-corrected chi connectivity index (χ2v) is 5.89. The summed E-state index contributed by atoms with van der Waals surface area (Å²) >= 11 is 0. The van der Waals surface area contributed by atoms with Crippen molar-refractivity contribution in [1.82, 2.24) is 4.90 Å². The van der Waals surface area contributed by atoms with Crippen molar-refractivity contribution >= 4 is 0 Å². The summed E-state index contributed by atoms with van der Waals surface area (Å²) in [5.74, 6) is 0.836. The molecule has 1 heterocycles. The average Bonchev–Trinajstić information content (AvgIpc) is 2.38. The van der Waals surface area contributed by atoms with Gasteiger partial charge < -0.3 is 4.90 Å².